The van der Waals surface area contributed by atoms with Gasteiger partial charge >= 0.3 is 0 Å². The fraction of sp³-hybridized carbons (Fsp3) is 0.379. The molecule has 4 heteroatoms. The Morgan fingerprint density at radius 2 is 1.27 bits per heavy atom. The Morgan fingerprint density at radius 3 is 1.91 bits per heavy atom. The van der Waals surface area contributed by atoms with Crippen molar-refractivity contribution in [3.05, 3.63) is 107 Å². The van der Waals surface area contributed by atoms with Gasteiger partial charge in [0.15, 0.2) is 0 Å². The molecule has 0 bridgehead atoms. The molecule has 0 amide bonds. The maximum Gasteiger partial charge on any atom is 0.107 e. The van der Waals surface area contributed by atoms with E-state index in [2.05, 4.69) is 32.0 Å². The molecule has 0 N–H and O–H groups in total. The van der Waals surface area contributed by atoms with Gasteiger partial charge in [-0.05, 0) is 68.7 Å². The maximum atomic E-state index is 5.87. The summed E-state index contributed by atoms with van der Waals surface area (Å²) in [5.74, 6) is 0. The van der Waals surface area contributed by atoms with E-state index < -0.39 is 0 Å². The van der Waals surface area contributed by atoms with Crippen LogP contribution >= 0.6 is 0 Å². The Bertz CT molecular complexity index is 927. The van der Waals surface area contributed by atoms with Crippen molar-refractivity contribution in [3.63, 3.8) is 0 Å². The van der Waals surface area contributed by atoms with Gasteiger partial charge in [-0.2, -0.15) is 0 Å². The summed E-state index contributed by atoms with van der Waals surface area (Å²) in [6.07, 6.45) is 3.43. The Kier molecular flexibility index (Phi) is 10.6. The van der Waals surface area contributed by atoms with Crippen molar-refractivity contribution in [2.75, 3.05) is 0 Å². The summed E-state index contributed by atoms with van der Waals surface area (Å²) in [5.41, 5.74) is 6.15. The van der Waals surface area contributed by atoms with Crippen LogP contribution in [0, 0.1) is 13.8 Å². The number of rotatable bonds is 14. The van der Waals surface area contributed by atoms with Crippen LogP contribution in [0.3, 0.4) is 0 Å². The van der Waals surface area contributed by atoms with E-state index in [0.717, 1.165) is 36.8 Å². The zero-order chi connectivity index (χ0) is 23.3. The highest BCUT2D eigenvalue weighted by molar-refractivity contribution is 5.30. The Morgan fingerprint density at radius 1 is 0.667 bits per heavy atom. The molecule has 176 valence electrons. The molecule has 3 rings (SSSR count). The quantitative estimate of drug-likeness (QED) is 0.195. The van der Waals surface area contributed by atoms with Crippen LogP contribution in [0.25, 0.3) is 0 Å². The molecule has 2 atom stereocenters. The van der Waals surface area contributed by atoms with Gasteiger partial charge in [-0.1, -0.05) is 84.4 Å². The van der Waals surface area contributed by atoms with Crippen LogP contribution in [0.2, 0.25) is 0 Å². The van der Waals surface area contributed by atoms with Crippen molar-refractivity contribution < 1.29 is 19.6 Å². The summed E-state index contributed by atoms with van der Waals surface area (Å²) in [7, 11) is 0. The third-order valence-electron chi connectivity index (χ3n) is 5.71. The van der Waals surface area contributed by atoms with Gasteiger partial charge in [0.25, 0.3) is 0 Å². The molecular formula is C29H36O4. The molecule has 0 saturated carbocycles. The molecule has 0 aliphatic carbocycles. The minimum atomic E-state index is -0.0327. The van der Waals surface area contributed by atoms with E-state index in [1.165, 1.54) is 16.7 Å². The van der Waals surface area contributed by atoms with E-state index in [1.807, 2.05) is 67.6 Å². The lowest BCUT2D eigenvalue weighted by atomic mass is 9.98. The highest BCUT2D eigenvalue weighted by Crippen LogP contribution is 2.19. The lowest BCUT2D eigenvalue weighted by molar-refractivity contribution is -0.344. The van der Waals surface area contributed by atoms with Gasteiger partial charge in [0.2, 0.25) is 0 Å². The van der Waals surface area contributed by atoms with E-state index in [1.54, 1.807) is 0 Å². The molecule has 0 aliphatic heterocycles. The van der Waals surface area contributed by atoms with E-state index in [-0.39, 0.29) is 12.2 Å². The first-order valence-corrected chi connectivity index (χ1v) is 11.8. The van der Waals surface area contributed by atoms with Gasteiger partial charge in [0.1, 0.15) is 13.2 Å². The predicted molar refractivity (Wildman–Crippen MR) is 131 cm³/mol. The second kappa shape index (κ2) is 13.9. The number of hydrogen-bond donors (Lipinski definition) is 0. The van der Waals surface area contributed by atoms with Crippen LogP contribution in [0.4, 0.5) is 0 Å². The summed E-state index contributed by atoms with van der Waals surface area (Å²) in [6, 6.07) is 26.7. The van der Waals surface area contributed by atoms with Gasteiger partial charge < -0.3 is 0 Å². The minimum absolute atomic E-state index is 0.0196. The van der Waals surface area contributed by atoms with Gasteiger partial charge in [0.05, 0.1) is 12.2 Å². The van der Waals surface area contributed by atoms with Gasteiger partial charge in [-0.15, -0.1) is 0 Å². The molecular weight excluding hydrogens is 412 g/mol. The standard InChI is InChI=1S/C29H36O4/c1-23-14-15-24(2)28(20-23)17-19-29(33-31-22-27-12-8-5-9-13-27)18-16-25(3)32-30-21-26-10-6-4-7-11-26/h4-15,20,25,29H,16-19,21-22H2,1-3H3. The third-order valence-corrected chi connectivity index (χ3v) is 5.71. The summed E-state index contributed by atoms with van der Waals surface area (Å²) >= 11 is 0. The Hall–Kier alpha value is -2.50. The SMILES string of the molecule is Cc1ccc(C)c(CCC(CCC(C)OOCc2ccccc2)OOCc2ccccc2)c1. The average Bonchev–Trinajstić information content (AvgIpc) is 2.84. The molecule has 0 heterocycles. The molecule has 3 aromatic carbocycles. The van der Waals surface area contributed by atoms with Crippen LogP contribution < -0.4 is 0 Å². The molecule has 0 aromatic heterocycles. The Labute approximate surface area is 198 Å². The number of hydrogen-bond acceptors (Lipinski definition) is 4. The molecule has 33 heavy (non-hydrogen) atoms. The van der Waals surface area contributed by atoms with Gasteiger partial charge in [-0.25, -0.2) is 19.6 Å². The first-order chi connectivity index (χ1) is 16.1. The first-order valence-electron chi connectivity index (χ1n) is 11.8. The second-order valence-electron chi connectivity index (χ2n) is 8.67. The van der Waals surface area contributed by atoms with Gasteiger partial charge in [-0.3, -0.25) is 0 Å². The largest absolute Gasteiger partial charge is 0.233 e. The van der Waals surface area contributed by atoms with E-state index in [4.69, 9.17) is 19.6 Å². The fourth-order valence-electron chi connectivity index (χ4n) is 3.66. The zero-order valence-electron chi connectivity index (χ0n) is 20.0. The molecule has 0 aliphatic rings. The van der Waals surface area contributed by atoms with E-state index in [0.29, 0.717) is 13.2 Å². The minimum Gasteiger partial charge on any atom is -0.233 e. The summed E-state index contributed by atoms with van der Waals surface area (Å²) in [6.45, 7) is 7.20. The normalized spacial score (nSPS) is 13.1. The van der Waals surface area contributed by atoms with E-state index in [9.17, 15) is 0 Å². The predicted octanol–water partition coefficient (Wildman–Crippen LogP) is 7.07. The smallest absolute Gasteiger partial charge is 0.107 e. The third kappa shape index (κ3) is 9.48. The average molecular weight is 449 g/mol. The Balaban J connectivity index is 1.47. The summed E-state index contributed by atoms with van der Waals surface area (Å²) in [5, 5.41) is 0. The molecule has 0 fully saturated rings. The van der Waals surface area contributed by atoms with Crippen LogP contribution in [0.15, 0.2) is 78.9 Å². The zero-order valence-corrected chi connectivity index (χ0v) is 20.0. The van der Waals surface area contributed by atoms with Crippen LogP contribution in [-0.2, 0) is 39.2 Å². The van der Waals surface area contributed by atoms with Crippen molar-refractivity contribution in [2.45, 2.75) is 71.9 Å². The highest BCUT2D eigenvalue weighted by atomic mass is 17.2. The first kappa shape index (κ1) is 25.1. The molecule has 4 nitrogen and oxygen atoms in total. The maximum absolute atomic E-state index is 5.87. The summed E-state index contributed by atoms with van der Waals surface area (Å²) in [4.78, 5) is 22.5. The highest BCUT2D eigenvalue weighted by Gasteiger charge is 2.15. The monoisotopic (exact) mass is 448 g/mol. The second-order valence-corrected chi connectivity index (χ2v) is 8.67. The van der Waals surface area contributed by atoms with Crippen molar-refractivity contribution in [1.29, 1.82) is 0 Å². The number of aryl methyl sites for hydroxylation is 3. The molecule has 0 saturated heterocycles. The molecule has 0 spiro atoms. The lowest BCUT2D eigenvalue weighted by Crippen LogP contribution is -2.19. The molecule has 0 radical (unpaired) electrons. The van der Waals surface area contributed by atoms with Crippen LogP contribution in [0.5, 0.6) is 0 Å². The van der Waals surface area contributed by atoms with Gasteiger partial charge in [0, 0.05) is 0 Å². The van der Waals surface area contributed by atoms with Crippen molar-refractivity contribution >= 4 is 0 Å². The lowest BCUT2D eigenvalue weighted by Gasteiger charge is -2.19. The number of benzene rings is 3. The van der Waals surface area contributed by atoms with Crippen LogP contribution in [-0.4, -0.2) is 12.2 Å². The molecule has 2 unspecified atom stereocenters. The van der Waals surface area contributed by atoms with E-state index >= 15 is 0 Å². The van der Waals surface area contributed by atoms with Crippen molar-refractivity contribution in [3.8, 4) is 0 Å². The topological polar surface area (TPSA) is 36.9 Å². The van der Waals surface area contributed by atoms with Crippen molar-refractivity contribution in [1.82, 2.24) is 0 Å². The summed E-state index contributed by atoms with van der Waals surface area (Å²) < 4.78 is 0. The van der Waals surface area contributed by atoms with Crippen LogP contribution in [0.1, 0.15) is 54.0 Å². The fourth-order valence-corrected chi connectivity index (χ4v) is 3.66. The van der Waals surface area contributed by atoms with Crippen molar-refractivity contribution in [2.24, 2.45) is 0 Å². The molecule has 3 aromatic rings.